The second kappa shape index (κ2) is 7.13. The van der Waals surface area contributed by atoms with E-state index in [1.165, 1.54) is 0 Å². The Morgan fingerprint density at radius 1 is 1.19 bits per heavy atom. The Labute approximate surface area is 160 Å². The molecule has 1 saturated carbocycles. The third-order valence-corrected chi connectivity index (χ3v) is 6.26. The van der Waals surface area contributed by atoms with Gasteiger partial charge in [-0.1, -0.05) is 18.2 Å². The first-order valence-corrected chi connectivity index (χ1v) is 9.63. The van der Waals surface area contributed by atoms with Gasteiger partial charge in [0.05, 0.1) is 19.9 Å². The number of para-hydroxylation sites is 1. The number of ether oxygens (including phenoxy) is 2. The van der Waals surface area contributed by atoms with Crippen LogP contribution < -0.4 is 9.47 Å². The van der Waals surface area contributed by atoms with Gasteiger partial charge in [0.1, 0.15) is 5.60 Å². The maximum atomic E-state index is 11.5. The van der Waals surface area contributed by atoms with E-state index >= 15 is 0 Å². The molecule has 4 rings (SSSR count). The molecule has 1 aliphatic carbocycles. The van der Waals surface area contributed by atoms with Crippen molar-refractivity contribution in [1.29, 1.82) is 0 Å². The molecule has 1 aromatic carbocycles. The van der Waals surface area contributed by atoms with Gasteiger partial charge in [-0.25, -0.2) is 0 Å². The largest absolute Gasteiger partial charge is 0.493 e. The molecule has 1 N–H and O–H groups in total. The molecular formula is C22H28N2O3. The van der Waals surface area contributed by atoms with E-state index in [9.17, 15) is 5.11 Å². The predicted octanol–water partition coefficient (Wildman–Crippen LogP) is 3.14. The van der Waals surface area contributed by atoms with Crippen LogP contribution in [0.15, 0.2) is 36.5 Å². The van der Waals surface area contributed by atoms with E-state index in [-0.39, 0.29) is 5.92 Å². The minimum Gasteiger partial charge on any atom is -0.493 e. The fourth-order valence-electron chi connectivity index (χ4n) is 4.88. The van der Waals surface area contributed by atoms with Crippen LogP contribution in [0.5, 0.6) is 11.5 Å². The predicted molar refractivity (Wildman–Crippen MR) is 104 cm³/mol. The van der Waals surface area contributed by atoms with E-state index in [1.54, 1.807) is 14.2 Å². The van der Waals surface area contributed by atoms with Gasteiger partial charge in [-0.2, -0.15) is 0 Å². The molecule has 144 valence electrons. The number of fused-ring (bicyclic) bond motifs is 1. The fraction of sp³-hybridized carbons (Fsp3) is 0.500. The lowest BCUT2D eigenvalue weighted by molar-refractivity contribution is -0.0108. The number of rotatable bonds is 5. The number of aliphatic hydroxyl groups is 1. The van der Waals surface area contributed by atoms with Crippen LogP contribution in [0.2, 0.25) is 0 Å². The van der Waals surface area contributed by atoms with Gasteiger partial charge in [-0.05, 0) is 43.4 Å². The number of pyridine rings is 1. The molecule has 5 nitrogen and oxygen atoms in total. The maximum Gasteiger partial charge on any atom is 0.165 e. The number of hydrogen-bond acceptors (Lipinski definition) is 5. The smallest absolute Gasteiger partial charge is 0.165 e. The Morgan fingerprint density at radius 3 is 2.74 bits per heavy atom. The highest BCUT2D eigenvalue weighted by Gasteiger charge is 2.53. The van der Waals surface area contributed by atoms with Gasteiger partial charge in [-0.3, -0.25) is 9.88 Å². The average molecular weight is 368 g/mol. The molecule has 0 spiro atoms. The maximum absolute atomic E-state index is 11.5. The number of nitrogens with zero attached hydrogens (tertiary/aromatic N) is 2. The minimum absolute atomic E-state index is 0.226. The Hall–Kier alpha value is -2.11. The normalized spacial score (nSPS) is 27.6. The number of methoxy groups -OCH3 is 2. The van der Waals surface area contributed by atoms with Crippen molar-refractivity contribution in [1.82, 2.24) is 9.88 Å². The summed E-state index contributed by atoms with van der Waals surface area (Å²) >= 11 is 0. The van der Waals surface area contributed by atoms with Crippen LogP contribution in [0.3, 0.4) is 0 Å². The molecule has 3 atom stereocenters. The standard InChI is InChI=1S/C22H28N2O3/c1-15-7-8-20(23-11-15)22(25)10-9-16-12-24(14-18(16)22)13-17-5-4-6-19(26-2)21(17)27-3/h4-8,11,16,18,25H,9-10,12-14H2,1-3H3/t16-,18+,22-/m0/s1. The summed E-state index contributed by atoms with van der Waals surface area (Å²) in [5.74, 6) is 2.29. The monoisotopic (exact) mass is 368 g/mol. The first kappa shape index (κ1) is 18.3. The third kappa shape index (κ3) is 3.19. The molecule has 0 bridgehead atoms. The molecule has 1 aromatic heterocycles. The van der Waals surface area contributed by atoms with E-state index < -0.39 is 5.60 Å². The SMILES string of the molecule is COc1cccc(CN2C[C@@H]3CC[C@@](O)(c4ccc(C)cn4)[C@@H]3C2)c1OC. The summed E-state index contributed by atoms with van der Waals surface area (Å²) in [5.41, 5.74) is 2.25. The third-order valence-electron chi connectivity index (χ3n) is 6.26. The molecule has 2 fully saturated rings. The number of aromatic nitrogens is 1. The lowest BCUT2D eigenvalue weighted by Crippen LogP contribution is -2.35. The summed E-state index contributed by atoms with van der Waals surface area (Å²) < 4.78 is 11.0. The highest BCUT2D eigenvalue weighted by Crippen LogP contribution is 2.50. The van der Waals surface area contributed by atoms with Gasteiger partial charge in [0.25, 0.3) is 0 Å². The Morgan fingerprint density at radius 2 is 2.04 bits per heavy atom. The van der Waals surface area contributed by atoms with E-state index in [1.807, 2.05) is 37.4 Å². The van der Waals surface area contributed by atoms with Crippen molar-refractivity contribution in [3.8, 4) is 11.5 Å². The van der Waals surface area contributed by atoms with Gasteiger partial charge < -0.3 is 14.6 Å². The summed E-state index contributed by atoms with van der Waals surface area (Å²) in [6.07, 6.45) is 3.70. The van der Waals surface area contributed by atoms with Crippen molar-refractivity contribution in [2.45, 2.75) is 31.9 Å². The van der Waals surface area contributed by atoms with Crippen LogP contribution in [0, 0.1) is 18.8 Å². The number of benzene rings is 1. The van der Waals surface area contributed by atoms with Crippen LogP contribution in [0.25, 0.3) is 0 Å². The molecular weight excluding hydrogens is 340 g/mol. The van der Waals surface area contributed by atoms with Gasteiger partial charge >= 0.3 is 0 Å². The molecule has 5 heteroatoms. The average Bonchev–Trinajstić information content (AvgIpc) is 3.22. The van der Waals surface area contributed by atoms with Crippen LogP contribution in [-0.4, -0.2) is 42.3 Å². The minimum atomic E-state index is -0.814. The van der Waals surface area contributed by atoms with E-state index in [0.29, 0.717) is 5.92 Å². The molecule has 0 unspecified atom stereocenters. The lowest BCUT2D eigenvalue weighted by atomic mass is 9.85. The van der Waals surface area contributed by atoms with Crippen molar-refractivity contribution >= 4 is 0 Å². The van der Waals surface area contributed by atoms with E-state index in [0.717, 1.165) is 60.8 Å². The van der Waals surface area contributed by atoms with Crippen molar-refractivity contribution in [3.05, 3.63) is 53.3 Å². The van der Waals surface area contributed by atoms with Crippen LogP contribution in [0.4, 0.5) is 0 Å². The van der Waals surface area contributed by atoms with Crippen molar-refractivity contribution in [3.63, 3.8) is 0 Å². The fourth-order valence-corrected chi connectivity index (χ4v) is 4.88. The molecule has 2 aromatic rings. The summed E-state index contributed by atoms with van der Waals surface area (Å²) in [7, 11) is 3.35. The Balaban J connectivity index is 1.53. The summed E-state index contributed by atoms with van der Waals surface area (Å²) in [6, 6.07) is 10.0. The second-order valence-corrected chi connectivity index (χ2v) is 7.90. The molecule has 0 radical (unpaired) electrons. The number of likely N-dealkylation sites (tertiary alicyclic amines) is 1. The zero-order valence-electron chi connectivity index (χ0n) is 16.3. The van der Waals surface area contributed by atoms with Crippen molar-refractivity contribution in [2.75, 3.05) is 27.3 Å². The molecule has 2 aliphatic rings. The zero-order chi connectivity index (χ0) is 19.0. The van der Waals surface area contributed by atoms with Gasteiger partial charge in [0.2, 0.25) is 0 Å². The first-order chi connectivity index (χ1) is 13.0. The molecule has 27 heavy (non-hydrogen) atoms. The summed E-state index contributed by atoms with van der Waals surface area (Å²) in [5, 5.41) is 11.5. The van der Waals surface area contributed by atoms with Gasteiger partial charge in [0.15, 0.2) is 11.5 Å². The van der Waals surface area contributed by atoms with Crippen molar-refractivity contribution < 1.29 is 14.6 Å². The molecule has 1 aliphatic heterocycles. The number of aryl methyl sites for hydroxylation is 1. The first-order valence-electron chi connectivity index (χ1n) is 9.63. The van der Waals surface area contributed by atoms with E-state index in [2.05, 4.69) is 16.0 Å². The highest BCUT2D eigenvalue weighted by molar-refractivity contribution is 5.46. The molecule has 1 saturated heterocycles. The summed E-state index contributed by atoms with van der Waals surface area (Å²) in [4.78, 5) is 6.97. The van der Waals surface area contributed by atoms with Crippen LogP contribution >= 0.6 is 0 Å². The lowest BCUT2D eigenvalue weighted by Gasteiger charge is -2.30. The van der Waals surface area contributed by atoms with Crippen LogP contribution in [-0.2, 0) is 12.1 Å². The Kier molecular flexibility index (Phi) is 4.82. The Bertz CT molecular complexity index is 808. The second-order valence-electron chi connectivity index (χ2n) is 7.90. The van der Waals surface area contributed by atoms with Crippen molar-refractivity contribution in [2.24, 2.45) is 11.8 Å². The molecule has 2 heterocycles. The quantitative estimate of drug-likeness (QED) is 0.879. The number of hydrogen-bond donors (Lipinski definition) is 1. The molecule has 0 amide bonds. The van der Waals surface area contributed by atoms with E-state index in [4.69, 9.17) is 9.47 Å². The van der Waals surface area contributed by atoms with Gasteiger partial charge in [-0.15, -0.1) is 0 Å². The van der Waals surface area contributed by atoms with Crippen LogP contribution in [0.1, 0.15) is 29.7 Å². The topological polar surface area (TPSA) is 54.8 Å². The highest BCUT2D eigenvalue weighted by atomic mass is 16.5. The summed E-state index contributed by atoms with van der Waals surface area (Å²) in [6.45, 7) is 4.69. The zero-order valence-corrected chi connectivity index (χ0v) is 16.3. The van der Waals surface area contributed by atoms with Gasteiger partial charge in [0, 0.05) is 37.3 Å².